The Labute approximate surface area is 114 Å². The van der Waals surface area contributed by atoms with Crippen molar-refractivity contribution in [3.8, 4) is 11.1 Å². The molecule has 102 valence electrons. The van der Waals surface area contributed by atoms with Crippen molar-refractivity contribution in [2.24, 2.45) is 0 Å². The van der Waals surface area contributed by atoms with Gasteiger partial charge in [0.15, 0.2) is 5.82 Å². The third-order valence-corrected chi connectivity index (χ3v) is 4.50. The lowest BCUT2D eigenvalue weighted by atomic mass is 10.1. The van der Waals surface area contributed by atoms with Crippen molar-refractivity contribution in [2.45, 2.75) is 6.92 Å². The van der Waals surface area contributed by atoms with Crippen LogP contribution in [0.25, 0.3) is 11.1 Å². The first-order valence-corrected chi connectivity index (χ1v) is 7.37. The lowest BCUT2D eigenvalue weighted by Gasteiger charge is -2.04. The van der Waals surface area contributed by atoms with E-state index in [1.54, 1.807) is 0 Å². The number of nitrogens with two attached hydrogens (primary N) is 1. The van der Waals surface area contributed by atoms with Crippen LogP contribution in [0.5, 0.6) is 0 Å². The van der Waals surface area contributed by atoms with Crippen LogP contribution in [0.4, 0.5) is 10.1 Å². The Morgan fingerprint density at radius 3 is 2.79 bits per heavy atom. The van der Waals surface area contributed by atoms with E-state index in [0.29, 0.717) is 11.1 Å². The fourth-order valence-corrected chi connectivity index (χ4v) is 2.53. The van der Waals surface area contributed by atoms with Gasteiger partial charge in [-0.15, -0.1) is 0 Å². The van der Waals surface area contributed by atoms with E-state index in [9.17, 15) is 12.8 Å². The molecule has 0 radical (unpaired) electrons. The van der Waals surface area contributed by atoms with Crippen LogP contribution in [0, 0.1) is 5.82 Å². The van der Waals surface area contributed by atoms with Crippen molar-refractivity contribution in [3.63, 3.8) is 0 Å². The van der Waals surface area contributed by atoms with E-state index in [1.165, 1.54) is 31.5 Å². The van der Waals surface area contributed by atoms with Gasteiger partial charge in [0.25, 0.3) is 10.0 Å². The van der Waals surface area contributed by atoms with E-state index in [1.807, 2.05) is 0 Å². The monoisotopic (exact) mass is 303 g/mol. The molecule has 2 aromatic rings. The summed E-state index contributed by atoms with van der Waals surface area (Å²) < 4.78 is 37.7. The summed E-state index contributed by atoms with van der Waals surface area (Å²) in [5.74, 6) is -0.817. The number of halogens is 2. The zero-order chi connectivity index (χ0) is 14.2. The summed E-state index contributed by atoms with van der Waals surface area (Å²) in [5, 5.41) is 3.59. The number of rotatable bonds is 3. The number of hydrogen-bond acceptors (Lipinski definition) is 4. The molecular formula is C11H11ClFN3O2S. The molecule has 0 aliphatic rings. The summed E-state index contributed by atoms with van der Waals surface area (Å²) >= 11 is 5.85. The first-order chi connectivity index (χ1) is 8.86. The zero-order valence-corrected chi connectivity index (χ0v) is 11.5. The molecule has 1 aromatic carbocycles. The molecule has 0 aliphatic heterocycles. The highest BCUT2D eigenvalue weighted by atomic mass is 35.5. The highest BCUT2D eigenvalue weighted by molar-refractivity contribution is 7.89. The van der Waals surface area contributed by atoms with Gasteiger partial charge in [-0.1, -0.05) is 17.7 Å². The van der Waals surface area contributed by atoms with Crippen LogP contribution >= 0.6 is 11.6 Å². The Morgan fingerprint density at radius 1 is 1.47 bits per heavy atom. The Morgan fingerprint density at radius 2 is 2.16 bits per heavy atom. The van der Waals surface area contributed by atoms with E-state index >= 15 is 0 Å². The summed E-state index contributed by atoms with van der Waals surface area (Å²) in [6, 6.07) is 2.88. The second kappa shape index (κ2) is 4.82. The summed E-state index contributed by atoms with van der Waals surface area (Å²) in [4.78, 5) is 0. The van der Waals surface area contributed by atoms with Crippen LogP contribution in [0.1, 0.15) is 6.92 Å². The number of nitrogen functional groups attached to an aromatic ring is 1. The van der Waals surface area contributed by atoms with Gasteiger partial charge < -0.3 is 5.73 Å². The molecule has 8 heteroatoms. The molecule has 19 heavy (non-hydrogen) atoms. The number of nitrogens with zero attached hydrogens (tertiary/aromatic N) is 2. The van der Waals surface area contributed by atoms with Crippen molar-refractivity contribution in [3.05, 3.63) is 35.4 Å². The summed E-state index contributed by atoms with van der Waals surface area (Å²) in [6.45, 7) is 1.51. The van der Waals surface area contributed by atoms with Gasteiger partial charge in [-0.25, -0.2) is 12.8 Å². The fourth-order valence-electron chi connectivity index (χ4n) is 1.52. The molecule has 2 rings (SSSR count). The number of aromatic nitrogens is 2. The molecule has 2 N–H and O–H groups in total. The molecule has 1 heterocycles. The number of anilines is 1. The number of hydrogen-bond donors (Lipinski definition) is 1. The predicted molar refractivity (Wildman–Crippen MR) is 71.9 cm³/mol. The second-order valence-corrected chi connectivity index (χ2v) is 6.33. The van der Waals surface area contributed by atoms with Crippen LogP contribution in [-0.2, 0) is 10.0 Å². The lowest BCUT2D eigenvalue weighted by molar-refractivity contribution is 0.581. The van der Waals surface area contributed by atoms with Crippen LogP contribution in [0.15, 0.2) is 24.5 Å². The molecule has 0 fully saturated rings. The molecule has 0 spiro atoms. The van der Waals surface area contributed by atoms with Crippen LogP contribution in [-0.4, -0.2) is 23.4 Å². The molecule has 0 amide bonds. The maximum Gasteiger partial charge on any atom is 0.253 e. The summed E-state index contributed by atoms with van der Waals surface area (Å²) in [7, 11) is -3.47. The molecule has 0 saturated carbocycles. The third-order valence-electron chi connectivity index (χ3n) is 2.63. The van der Waals surface area contributed by atoms with Gasteiger partial charge in [0, 0.05) is 11.1 Å². The average molecular weight is 304 g/mol. The van der Waals surface area contributed by atoms with Gasteiger partial charge in [0.2, 0.25) is 0 Å². The number of benzene rings is 1. The largest absolute Gasteiger partial charge is 0.396 e. The van der Waals surface area contributed by atoms with E-state index in [4.69, 9.17) is 17.3 Å². The summed E-state index contributed by atoms with van der Waals surface area (Å²) in [6.07, 6.45) is 2.60. The predicted octanol–water partition coefficient (Wildman–Crippen LogP) is 2.12. The Hall–Kier alpha value is -1.60. The first-order valence-electron chi connectivity index (χ1n) is 5.38. The molecule has 0 saturated heterocycles. The minimum Gasteiger partial charge on any atom is -0.396 e. The second-order valence-electron chi connectivity index (χ2n) is 3.83. The van der Waals surface area contributed by atoms with E-state index in [0.717, 1.165) is 4.09 Å². The SMILES string of the molecule is CCS(=O)(=O)n1cc(-c2ccc(N)c(F)c2Cl)cn1. The summed E-state index contributed by atoms with van der Waals surface area (Å²) in [5.41, 5.74) is 6.06. The molecule has 5 nitrogen and oxygen atoms in total. The smallest absolute Gasteiger partial charge is 0.253 e. The van der Waals surface area contributed by atoms with Crippen LogP contribution < -0.4 is 5.73 Å². The van der Waals surface area contributed by atoms with Gasteiger partial charge in [0.05, 0.1) is 28.9 Å². The van der Waals surface area contributed by atoms with Crippen molar-refractivity contribution in [2.75, 3.05) is 11.5 Å². The molecule has 0 bridgehead atoms. The quantitative estimate of drug-likeness (QED) is 0.881. The van der Waals surface area contributed by atoms with Gasteiger partial charge >= 0.3 is 0 Å². The average Bonchev–Trinajstić information content (AvgIpc) is 2.86. The lowest BCUT2D eigenvalue weighted by Crippen LogP contribution is -2.14. The molecule has 0 atom stereocenters. The molecule has 1 aromatic heterocycles. The highest BCUT2D eigenvalue weighted by Crippen LogP contribution is 2.32. The minimum atomic E-state index is -3.47. The van der Waals surface area contributed by atoms with Crippen LogP contribution in [0.2, 0.25) is 5.02 Å². The van der Waals surface area contributed by atoms with Crippen molar-refractivity contribution >= 4 is 27.3 Å². The maximum atomic E-state index is 13.6. The molecular weight excluding hydrogens is 293 g/mol. The van der Waals surface area contributed by atoms with E-state index in [-0.39, 0.29) is 16.5 Å². The van der Waals surface area contributed by atoms with Crippen molar-refractivity contribution in [1.29, 1.82) is 0 Å². The first kappa shape index (κ1) is 13.8. The van der Waals surface area contributed by atoms with Gasteiger partial charge in [-0.2, -0.15) is 9.19 Å². The maximum absolute atomic E-state index is 13.6. The van der Waals surface area contributed by atoms with Gasteiger partial charge in [-0.05, 0) is 13.0 Å². The van der Waals surface area contributed by atoms with Crippen molar-refractivity contribution < 1.29 is 12.8 Å². The van der Waals surface area contributed by atoms with Gasteiger partial charge in [-0.3, -0.25) is 0 Å². The van der Waals surface area contributed by atoms with Crippen molar-refractivity contribution in [1.82, 2.24) is 9.19 Å². The normalized spacial score (nSPS) is 11.7. The molecule has 0 unspecified atom stereocenters. The third kappa shape index (κ3) is 2.43. The van der Waals surface area contributed by atoms with E-state index in [2.05, 4.69) is 5.10 Å². The topological polar surface area (TPSA) is 78.0 Å². The van der Waals surface area contributed by atoms with Crippen LogP contribution in [0.3, 0.4) is 0 Å². The minimum absolute atomic E-state index is 0.0673. The van der Waals surface area contributed by atoms with E-state index < -0.39 is 15.8 Å². The molecule has 0 aliphatic carbocycles. The Kier molecular flexibility index (Phi) is 3.51. The Bertz CT molecular complexity index is 728. The Balaban J connectivity index is 2.53. The zero-order valence-electron chi connectivity index (χ0n) is 9.97. The highest BCUT2D eigenvalue weighted by Gasteiger charge is 2.16. The van der Waals surface area contributed by atoms with Gasteiger partial charge in [0.1, 0.15) is 0 Å². The fraction of sp³-hybridized carbons (Fsp3) is 0.182. The standard InChI is InChI=1S/C11H11ClFN3O2S/c1-2-19(17,18)16-6-7(5-15-16)8-3-4-9(14)11(13)10(8)12/h3-6H,2,14H2,1H3.